The lowest BCUT2D eigenvalue weighted by Crippen LogP contribution is -2.45. The highest BCUT2D eigenvalue weighted by Gasteiger charge is 2.34. The van der Waals surface area contributed by atoms with Crippen LogP contribution in [0.3, 0.4) is 0 Å². The number of rotatable bonds is 10. The highest BCUT2D eigenvalue weighted by molar-refractivity contribution is 6.21. The molecule has 1 saturated heterocycles. The van der Waals surface area contributed by atoms with Gasteiger partial charge < -0.3 is 25.4 Å². The Labute approximate surface area is 240 Å². The van der Waals surface area contributed by atoms with E-state index in [4.69, 9.17) is 10.5 Å². The van der Waals surface area contributed by atoms with Crippen molar-refractivity contribution in [2.75, 3.05) is 46.3 Å². The highest BCUT2D eigenvalue weighted by atomic mass is 16.5. The molecular formula is C32H37N5O4. The van der Waals surface area contributed by atoms with Gasteiger partial charge in [0.1, 0.15) is 6.10 Å². The fourth-order valence-corrected chi connectivity index (χ4v) is 5.48. The molecule has 2 aliphatic heterocycles. The topological polar surface area (TPSA) is 112 Å². The van der Waals surface area contributed by atoms with Crippen LogP contribution in [-0.4, -0.2) is 96.2 Å². The SMILES string of the molecule is CN(CCN1C(=O)c2ccccc2C1=O)CC(O)CN1CCC(OC(N)=Nc2ccccc2-c2ccccc2)CC1. The number of hydrogen-bond donors (Lipinski definition) is 2. The molecule has 0 aromatic heterocycles. The van der Waals surface area contributed by atoms with Gasteiger partial charge in [-0.25, -0.2) is 0 Å². The van der Waals surface area contributed by atoms with Gasteiger partial charge in [0.25, 0.3) is 17.8 Å². The largest absolute Gasteiger partial charge is 0.462 e. The van der Waals surface area contributed by atoms with Crippen LogP contribution in [0.5, 0.6) is 0 Å². The van der Waals surface area contributed by atoms with Gasteiger partial charge in [-0.2, -0.15) is 4.99 Å². The Hall–Kier alpha value is -4.05. The molecule has 41 heavy (non-hydrogen) atoms. The van der Waals surface area contributed by atoms with Crippen LogP contribution >= 0.6 is 0 Å². The zero-order chi connectivity index (χ0) is 28.8. The molecule has 2 aliphatic rings. The first-order valence-electron chi connectivity index (χ1n) is 14.1. The molecule has 0 bridgehead atoms. The zero-order valence-corrected chi connectivity index (χ0v) is 23.4. The predicted molar refractivity (Wildman–Crippen MR) is 159 cm³/mol. The van der Waals surface area contributed by atoms with E-state index in [1.54, 1.807) is 24.3 Å². The van der Waals surface area contributed by atoms with Crippen LogP contribution in [0.1, 0.15) is 33.6 Å². The van der Waals surface area contributed by atoms with E-state index in [0.717, 1.165) is 42.7 Å². The molecule has 2 amide bonds. The number of aliphatic hydroxyl groups excluding tert-OH is 1. The first-order chi connectivity index (χ1) is 19.9. The lowest BCUT2D eigenvalue weighted by atomic mass is 10.0. The third kappa shape index (κ3) is 7.00. The van der Waals surface area contributed by atoms with Crippen LogP contribution in [0.15, 0.2) is 83.9 Å². The second kappa shape index (κ2) is 13.1. The van der Waals surface area contributed by atoms with Crippen molar-refractivity contribution in [2.45, 2.75) is 25.0 Å². The normalized spacial score (nSPS) is 17.2. The first-order valence-corrected chi connectivity index (χ1v) is 14.1. The summed E-state index contributed by atoms with van der Waals surface area (Å²) in [6.07, 6.45) is 0.997. The molecule has 5 rings (SSSR count). The van der Waals surface area contributed by atoms with E-state index in [1.165, 1.54) is 4.90 Å². The monoisotopic (exact) mass is 555 g/mol. The van der Waals surface area contributed by atoms with Gasteiger partial charge in [0.05, 0.1) is 22.9 Å². The number of aliphatic hydroxyl groups is 1. The Balaban J connectivity index is 1.04. The van der Waals surface area contributed by atoms with Crippen molar-refractivity contribution in [3.05, 3.63) is 90.0 Å². The minimum Gasteiger partial charge on any atom is -0.462 e. The van der Waals surface area contributed by atoms with Crippen molar-refractivity contribution in [2.24, 2.45) is 10.7 Å². The predicted octanol–water partition coefficient (Wildman–Crippen LogP) is 3.37. The number of piperidine rings is 1. The summed E-state index contributed by atoms with van der Waals surface area (Å²) in [6, 6.07) is 25.0. The third-order valence-corrected chi connectivity index (χ3v) is 7.62. The molecule has 9 heteroatoms. The molecule has 1 fully saturated rings. The minimum atomic E-state index is -0.555. The summed E-state index contributed by atoms with van der Waals surface area (Å²) in [5, 5.41) is 10.7. The second-order valence-electron chi connectivity index (χ2n) is 10.7. The summed E-state index contributed by atoms with van der Waals surface area (Å²) in [6.45, 7) is 3.34. The molecule has 0 radical (unpaired) electrons. The molecule has 3 N–H and O–H groups in total. The average Bonchev–Trinajstić information content (AvgIpc) is 3.22. The number of aliphatic imine (C=N–C) groups is 1. The number of nitrogens with zero attached hydrogens (tertiary/aromatic N) is 4. The van der Waals surface area contributed by atoms with E-state index in [2.05, 4.69) is 9.89 Å². The fourth-order valence-electron chi connectivity index (χ4n) is 5.48. The third-order valence-electron chi connectivity index (χ3n) is 7.62. The number of fused-ring (bicyclic) bond motifs is 1. The maximum atomic E-state index is 12.6. The van der Waals surface area contributed by atoms with Crippen molar-refractivity contribution in [1.82, 2.24) is 14.7 Å². The Morgan fingerprint density at radius 2 is 1.54 bits per heavy atom. The Morgan fingerprint density at radius 3 is 2.20 bits per heavy atom. The molecule has 2 heterocycles. The maximum absolute atomic E-state index is 12.6. The van der Waals surface area contributed by atoms with Gasteiger partial charge in [-0.05, 0) is 43.7 Å². The fraction of sp³-hybridized carbons (Fsp3) is 0.344. The van der Waals surface area contributed by atoms with Gasteiger partial charge in [0.15, 0.2) is 0 Å². The summed E-state index contributed by atoms with van der Waals surface area (Å²) in [7, 11) is 1.89. The summed E-state index contributed by atoms with van der Waals surface area (Å²) in [4.78, 5) is 35.2. The molecule has 0 spiro atoms. The van der Waals surface area contributed by atoms with Gasteiger partial charge in [-0.15, -0.1) is 0 Å². The number of para-hydroxylation sites is 1. The summed E-state index contributed by atoms with van der Waals surface area (Å²) < 4.78 is 6.00. The van der Waals surface area contributed by atoms with Crippen LogP contribution < -0.4 is 5.73 Å². The molecule has 0 saturated carbocycles. The number of amidine groups is 1. The van der Waals surface area contributed by atoms with E-state index in [0.29, 0.717) is 30.8 Å². The molecule has 3 aromatic carbocycles. The molecule has 3 aromatic rings. The Kier molecular flexibility index (Phi) is 9.08. The lowest BCUT2D eigenvalue weighted by molar-refractivity contribution is 0.0421. The summed E-state index contributed by atoms with van der Waals surface area (Å²) >= 11 is 0. The summed E-state index contributed by atoms with van der Waals surface area (Å²) in [5.74, 6) is -0.508. The lowest BCUT2D eigenvalue weighted by Gasteiger charge is -2.33. The van der Waals surface area contributed by atoms with Crippen molar-refractivity contribution in [3.63, 3.8) is 0 Å². The highest BCUT2D eigenvalue weighted by Crippen LogP contribution is 2.30. The van der Waals surface area contributed by atoms with Gasteiger partial charge in [-0.3, -0.25) is 14.5 Å². The number of amides is 2. The number of likely N-dealkylation sites (tertiary alicyclic amines) is 1. The average molecular weight is 556 g/mol. The van der Waals surface area contributed by atoms with Crippen molar-refractivity contribution in [1.29, 1.82) is 0 Å². The quantitative estimate of drug-likeness (QED) is 0.224. The van der Waals surface area contributed by atoms with E-state index >= 15 is 0 Å². The number of likely N-dealkylation sites (N-methyl/N-ethyl adjacent to an activating group) is 1. The van der Waals surface area contributed by atoms with E-state index < -0.39 is 6.10 Å². The molecule has 1 atom stereocenters. The van der Waals surface area contributed by atoms with E-state index in [-0.39, 0.29) is 30.5 Å². The number of benzene rings is 3. The number of nitrogens with two attached hydrogens (primary N) is 1. The van der Waals surface area contributed by atoms with Crippen LogP contribution in [0.4, 0.5) is 5.69 Å². The second-order valence-corrected chi connectivity index (χ2v) is 10.7. The number of carbonyl (C=O) groups excluding carboxylic acids is 2. The van der Waals surface area contributed by atoms with E-state index in [1.807, 2.05) is 66.5 Å². The zero-order valence-electron chi connectivity index (χ0n) is 23.4. The van der Waals surface area contributed by atoms with Gasteiger partial charge in [0.2, 0.25) is 0 Å². The van der Waals surface area contributed by atoms with Crippen LogP contribution in [-0.2, 0) is 4.74 Å². The number of ether oxygens (including phenoxy) is 1. The van der Waals surface area contributed by atoms with Crippen molar-refractivity contribution < 1.29 is 19.4 Å². The number of carbonyl (C=O) groups is 2. The number of hydrogen-bond acceptors (Lipinski definition) is 7. The van der Waals surface area contributed by atoms with Crippen molar-refractivity contribution >= 4 is 23.5 Å². The molecule has 9 nitrogen and oxygen atoms in total. The Morgan fingerprint density at radius 1 is 0.951 bits per heavy atom. The standard InChI is InChI=1S/C32H37N5O4/c1-35(19-20-37-30(39)27-12-5-6-13-28(27)31(37)40)21-24(38)22-36-17-15-25(16-18-36)41-32(33)34-29-14-8-7-11-26(29)23-9-3-2-4-10-23/h2-14,24-25,38H,15-22H2,1H3,(H2,33,34). The van der Waals surface area contributed by atoms with Crippen LogP contribution in [0, 0.1) is 0 Å². The van der Waals surface area contributed by atoms with Crippen molar-refractivity contribution in [3.8, 4) is 11.1 Å². The number of imide groups is 1. The van der Waals surface area contributed by atoms with Crippen LogP contribution in [0.2, 0.25) is 0 Å². The maximum Gasteiger partial charge on any atom is 0.287 e. The molecular weight excluding hydrogens is 518 g/mol. The smallest absolute Gasteiger partial charge is 0.287 e. The molecule has 0 aliphatic carbocycles. The van der Waals surface area contributed by atoms with Gasteiger partial charge in [0, 0.05) is 44.8 Å². The summed E-state index contributed by atoms with van der Waals surface area (Å²) in [5.41, 5.74) is 9.94. The van der Waals surface area contributed by atoms with Crippen LogP contribution in [0.25, 0.3) is 11.1 Å². The van der Waals surface area contributed by atoms with Gasteiger partial charge in [-0.1, -0.05) is 60.7 Å². The molecule has 1 unspecified atom stereocenters. The first kappa shape index (κ1) is 28.5. The van der Waals surface area contributed by atoms with Gasteiger partial charge >= 0.3 is 0 Å². The van der Waals surface area contributed by atoms with E-state index in [9.17, 15) is 14.7 Å². The Bertz CT molecular complexity index is 1350. The minimum absolute atomic E-state index is 0.0293. The molecule has 214 valence electrons. The number of β-amino-alcohol motifs (C(OH)–C–C–N with tert-alkyl or cyclic N) is 1.